The van der Waals surface area contributed by atoms with E-state index in [1.165, 1.54) is 0 Å². The van der Waals surface area contributed by atoms with Crippen LogP contribution < -0.4 is 0 Å². The van der Waals surface area contributed by atoms with E-state index in [9.17, 15) is 19.8 Å². The second kappa shape index (κ2) is 9.11. The molecular weight excluding hydrogens is 436 g/mol. The van der Waals surface area contributed by atoms with Crippen molar-refractivity contribution in [2.75, 3.05) is 39.3 Å². The van der Waals surface area contributed by atoms with E-state index in [1.807, 2.05) is 32.0 Å². The first kappa shape index (κ1) is 23.0. The molecule has 0 aliphatic carbocycles. The van der Waals surface area contributed by atoms with Gasteiger partial charge in [-0.2, -0.15) is 0 Å². The molecule has 0 unspecified atom stereocenters. The largest absolute Gasteiger partial charge is 0.457 e. The molecule has 0 spiro atoms. The molecule has 3 heterocycles. The molecule has 3 aliphatic heterocycles. The van der Waals surface area contributed by atoms with Crippen LogP contribution in [-0.4, -0.2) is 71.2 Å². The molecule has 34 heavy (non-hydrogen) atoms. The summed E-state index contributed by atoms with van der Waals surface area (Å²) in [5, 5.41) is 21.8. The Bertz CT molecular complexity index is 1110. The number of fused-ring (bicyclic) bond motifs is 2. The summed E-state index contributed by atoms with van der Waals surface area (Å²) in [5.74, 6) is -0.594. The van der Waals surface area contributed by atoms with Gasteiger partial charge in [-0.3, -0.25) is 9.80 Å². The van der Waals surface area contributed by atoms with Gasteiger partial charge in [0, 0.05) is 50.4 Å². The fourth-order valence-electron chi connectivity index (χ4n) is 5.23. The number of cyclic esters (lactones) is 2. The summed E-state index contributed by atoms with van der Waals surface area (Å²) in [5.41, 5.74) is 6.39. The van der Waals surface area contributed by atoms with Crippen LogP contribution in [0, 0.1) is 13.8 Å². The number of aliphatic hydroxyl groups excluding tert-OH is 2. The number of rotatable bonds is 6. The first-order valence-electron chi connectivity index (χ1n) is 11.7. The maximum absolute atomic E-state index is 11.8. The Kier molecular flexibility index (Phi) is 6.16. The second-order valence-corrected chi connectivity index (χ2v) is 9.46. The van der Waals surface area contributed by atoms with Crippen molar-refractivity contribution in [3.05, 3.63) is 68.8 Å². The molecular formula is C26H30N2O6. The van der Waals surface area contributed by atoms with Crippen molar-refractivity contribution in [1.82, 2.24) is 9.80 Å². The van der Waals surface area contributed by atoms with E-state index in [-0.39, 0.29) is 25.2 Å². The number of benzene rings is 2. The van der Waals surface area contributed by atoms with Gasteiger partial charge in [-0.1, -0.05) is 6.07 Å². The average Bonchev–Trinajstić information content (AvgIpc) is 3.37. The lowest BCUT2D eigenvalue weighted by Gasteiger charge is -2.36. The van der Waals surface area contributed by atoms with Crippen LogP contribution in [0.5, 0.6) is 0 Å². The SMILES string of the molecule is Cc1cc2c(cc1[C@H](O)CN1CCN(C[C@H](O)c3ccc4c(c3C)COC4=O)CC1)COC2=O. The Hall–Kier alpha value is -2.78. The Morgan fingerprint density at radius 3 is 2.09 bits per heavy atom. The molecule has 180 valence electrons. The zero-order valence-corrected chi connectivity index (χ0v) is 19.5. The molecule has 5 rings (SSSR count). The monoisotopic (exact) mass is 466 g/mol. The van der Waals surface area contributed by atoms with Gasteiger partial charge < -0.3 is 19.7 Å². The van der Waals surface area contributed by atoms with Crippen molar-refractivity contribution < 1.29 is 29.3 Å². The zero-order valence-electron chi connectivity index (χ0n) is 19.5. The molecule has 0 bridgehead atoms. The number of ether oxygens (including phenoxy) is 2. The number of carbonyl (C=O) groups excluding carboxylic acids is 2. The van der Waals surface area contributed by atoms with E-state index in [0.29, 0.717) is 24.2 Å². The highest BCUT2D eigenvalue weighted by molar-refractivity contribution is 5.94. The molecule has 2 aromatic carbocycles. The summed E-state index contributed by atoms with van der Waals surface area (Å²) in [7, 11) is 0. The smallest absolute Gasteiger partial charge is 0.338 e. The van der Waals surface area contributed by atoms with Crippen LogP contribution in [0.2, 0.25) is 0 Å². The molecule has 0 amide bonds. The van der Waals surface area contributed by atoms with Gasteiger partial charge in [0.25, 0.3) is 0 Å². The number of carbonyl (C=O) groups is 2. The Morgan fingerprint density at radius 2 is 1.41 bits per heavy atom. The third-order valence-electron chi connectivity index (χ3n) is 7.32. The van der Waals surface area contributed by atoms with Gasteiger partial charge in [-0.25, -0.2) is 9.59 Å². The van der Waals surface area contributed by atoms with Gasteiger partial charge in [0.15, 0.2) is 0 Å². The molecule has 2 aromatic rings. The third-order valence-corrected chi connectivity index (χ3v) is 7.32. The van der Waals surface area contributed by atoms with Crippen LogP contribution >= 0.6 is 0 Å². The molecule has 2 atom stereocenters. The number of β-amino-alcohol motifs (C(OH)–C–C–N with tert-alkyl or cyclic N) is 2. The Morgan fingerprint density at radius 1 is 0.824 bits per heavy atom. The lowest BCUT2D eigenvalue weighted by atomic mass is 9.95. The minimum absolute atomic E-state index is 0.266. The lowest BCUT2D eigenvalue weighted by Crippen LogP contribution is -2.48. The summed E-state index contributed by atoms with van der Waals surface area (Å²) in [6, 6.07) is 7.28. The zero-order chi connectivity index (χ0) is 24.0. The normalized spacial score (nSPS) is 20.0. The van der Waals surface area contributed by atoms with Gasteiger partial charge in [0.05, 0.1) is 23.3 Å². The van der Waals surface area contributed by atoms with Gasteiger partial charge in [0.1, 0.15) is 13.2 Å². The number of nitrogens with zero attached hydrogens (tertiary/aromatic N) is 2. The summed E-state index contributed by atoms with van der Waals surface area (Å²) < 4.78 is 10.2. The molecule has 2 N–H and O–H groups in total. The Labute approximate surface area is 198 Å². The van der Waals surface area contributed by atoms with Crippen molar-refractivity contribution in [3.63, 3.8) is 0 Å². The molecule has 0 radical (unpaired) electrons. The Balaban J connectivity index is 1.16. The van der Waals surface area contributed by atoms with Gasteiger partial charge in [-0.05, 0) is 54.3 Å². The minimum Gasteiger partial charge on any atom is -0.457 e. The highest BCUT2D eigenvalue weighted by Gasteiger charge is 2.28. The first-order valence-corrected chi connectivity index (χ1v) is 11.7. The summed E-state index contributed by atoms with van der Waals surface area (Å²) >= 11 is 0. The molecule has 1 fully saturated rings. The van der Waals surface area contributed by atoms with Crippen LogP contribution in [0.4, 0.5) is 0 Å². The van der Waals surface area contributed by atoms with Crippen molar-refractivity contribution in [3.8, 4) is 0 Å². The molecule has 3 aliphatic rings. The van der Waals surface area contributed by atoms with Crippen LogP contribution in [0.3, 0.4) is 0 Å². The van der Waals surface area contributed by atoms with E-state index in [2.05, 4.69) is 9.80 Å². The van der Waals surface area contributed by atoms with Crippen LogP contribution in [0.25, 0.3) is 0 Å². The number of hydrogen-bond donors (Lipinski definition) is 2. The fraction of sp³-hybridized carbons (Fsp3) is 0.462. The minimum atomic E-state index is -0.642. The standard InChI is InChI=1S/C26H30N2O6/c1-15-9-21-17(13-33-26(21)32)10-20(15)24(30)12-28-7-5-27(6-8-28)11-23(29)18-3-4-19-22(16(18)2)14-34-25(19)31/h3-4,9-10,23-24,29-30H,5-8,11-14H2,1-2H3/t23-,24+/m0/s1. The summed E-state index contributed by atoms with van der Waals surface area (Å²) in [4.78, 5) is 28.0. The van der Waals surface area contributed by atoms with Gasteiger partial charge in [0.2, 0.25) is 0 Å². The van der Waals surface area contributed by atoms with E-state index in [0.717, 1.165) is 59.6 Å². The van der Waals surface area contributed by atoms with Crippen molar-refractivity contribution in [1.29, 1.82) is 0 Å². The summed E-state index contributed by atoms with van der Waals surface area (Å²) in [6.07, 6.45) is -1.28. The average molecular weight is 467 g/mol. The maximum Gasteiger partial charge on any atom is 0.338 e. The topological polar surface area (TPSA) is 99.5 Å². The number of piperazine rings is 1. The van der Waals surface area contributed by atoms with Crippen molar-refractivity contribution in [2.24, 2.45) is 0 Å². The van der Waals surface area contributed by atoms with Gasteiger partial charge >= 0.3 is 11.9 Å². The van der Waals surface area contributed by atoms with Crippen molar-refractivity contribution in [2.45, 2.75) is 39.3 Å². The quantitative estimate of drug-likeness (QED) is 0.624. The van der Waals surface area contributed by atoms with E-state index in [1.54, 1.807) is 6.07 Å². The predicted molar refractivity (Wildman–Crippen MR) is 123 cm³/mol. The highest BCUT2D eigenvalue weighted by atomic mass is 16.5. The summed E-state index contributed by atoms with van der Waals surface area (Å²) in [6.45, 7) is 8.58. The molecule has 0 saturated carbocycles. The van der Waals surface area contributed by atoms with E-state index >= 15 is 0 Å². The van der Waals surface area contributed by atoms with E-state index in [4.69, 9.17) is 9.47 Å². The van der Waals surface area contributed by atoms with Crippen LogP contribution in [-0.2, 0) is 22.7 Å². The molecule has 1 saturated heterocycles. The fourth-order valence-corrected chi connectivity index (χ4v) is 5.23. The van der Waals surface area contributed by atoms with Crippen LogP contribution in [0.15, 0.2) is 24.3 Å². The number of aliphatic hydroxyl groups is 2. The number of aryl methyl sites for hydroxylation is 1. The first-order chi connectivity index (χ1) is 16.3. The third kappa shape index (κ3) is 4.22. The molecule has 8 nitrogen and oxygen atoms in total. The molecule has 8 heteroatoms. The van der Waals surface area contributed by atoms with Gasteiger partial charge in [-0.15, -0.1) is 0 Å². The molecule has 0 aromatic heterocycles. The number of hydrogen-bond acceptors (Lipinski definition) is 8. The highest BCUT2D eigenvalue weighted by Crippen LogP contribution is 2.30. The number of esters is 2. The predicted octanol–water partition coefficient (Wildman–Crippen LogP) is 2.03. The van der Waals surface area contributed by atoms with Crippen LogP contribution in [0.1, 0.15) is 66.3 Å². The second-order valence-electron chi connectivity index (χ2n) is 9.46. The maximum atomic E-state index is 11.8. The van der Waals surface area contributed by atoms with E-state index < -0.39 is 12.2 Å². The lowest BCUT2D eigenvalue weighted by molar-refractivity contribution is 0.0478. The van der Waals surface area contributed by atoms with Crippen molar-refractivity contribution >= 4 is 11.9 Å².